The molecule has 3 aromatic rings. The van der Waals surface area contributed by atoms with E-state index in [9.17, 15) is 4.39 Å². The second kappa shape index (κ2) is 8.08. The number of benzene rings is 3. The van der Waals surface area contributed by atoms with E-state index in [0.717, 1.165) is 16.7 Å². The zero-order valence-corrected chi connectivity index (χ0v) is 13.8. The Labute approximate surface area is 147 Å². The summed E-state index contributed by atoms with van der Waals surface area (Å²) in [7, 11) is 0. The Kier molecular flexibility index (Phi) is 5.39. The first-order valence-corrected chi connectivity index (χ1v) is 8.21. The monoisotopic (exact) mass is 327 g/mol. The summed E-state index contributed by atoms with van der Waals surface area (Å²) >= 11 is 0. The van der Waals surface area contributed by atoms with Gasteiger partial charge in [-0.3, -0.25) is 0 Å². The van der Waals surface area contributed by atoms with Crippen LogP contribution in [-0.4, -0.2) is 0 Å². The average Bonchev–Trinajstić information content (AvgIpc) is 2.68. The summed E-state index contributed by atoms with van der Waals surface area (Å²) in [5.41, 5.74) is 4.44. The summed E-state index contributed by atoms with van der Waals surface area (Å²) in [5.74, 6) is 0. The summed E-state index contributed by atoms with van der Waals surface area (Å²) in [5, 5.41) is 8.80. The van der Waals surface area contributed by atoms with E-state index in [2.05, 4.69) is 6.07 Å². The van der Waals surface area contributed by atoms with E-state index >= 15 is 0 Å². The minimum Gasteiger partial charge on any atom is -0.242 e. The second-order valence-corrected chi connectivity index (χ2v) is 5.89. The lowest BCUT2D eigenvalue weighted by atomic mass is 10.0. The van der Waals surface area contributed by atoms with Gasteiger partial charge in [-0.25, -0.2) is 4.39 Å². The highest BCUT2D eigenvalue weighted by molar-refractivity contribution is 5.69. The Hall–Kier alpha value is -3.18. The molecule has 0 N–H and O–H groups in total. The summed E-state index contributed by atoms with van der Waals surface area (Å²) in [6, 6.07) is 26.7. The lowest BCUT2D eigenvalue weighted by Crippen LogP contribution is -1.96. The number of alkyl halides is 1. The van der Waals surface area contributed by atoms with Crippen molar-refractivity contribution in [2.75, 3.05) is 0 Å². The lowest BCUT2D eigenvalue weighted by molar-refractivity contribution is 0.342. The Bertz CT molecular complexity index is 872. The molecule has 3 rings (SSSR count). The molecule has 0 unspecified atom stereocenters. The molecule has 0 bridgehead atoms. The number of rotatable bonds is 5. The Balaban J connectivity index is 1.63. The van der Waals surface area contributed by atoms with Gasteiger partial charge in [0.25, 0.3) is 0 Å². The molecule has 0 aliphatic heterocycles. The molecule has 2 heteroatoms. The van der Waals surface area contributed by atoms with Crippen LogP contribution in [0, 0.1) is 11.3 Å². The highest BCUT2D eigenvalue weighted by Crippen LogP contribution is 2.22. The molecule has 0 radical (unpaired) electrons. The van der Waals surface area contributed by atoms with Gasteiger partial charge in [-0.15, -0.1) is 0 Å². The minimum atomic E-state index is -0.985. The van der Waals surface area contributed by atoms with Crippen LogP contribution in [0.1, 0.15) is 34.0 Å². The summed E-state index contributed by atoms with van der Waals surface area (Å²) in [6.45, 7) is 0. The molecule has 0 aliphatic carbocycles. The van der Waals surface area contributed by atoms with Crippen molar-refractivity contribution in [2.45, 2.75) is 12.6 Å². The summed E-state index contributed by atoms with van der Waals surface area (Å²) in [4.78, 5) is 0. The zero-order chi connectivity index (χ0) is 17.5. The molecular weight excluding hydrogens is 309 g/mol. The van der Waals surface area contributed by atoms with Crippen LogP contribution in [0.3, 0.4) is 0 Å². The minimum absolute atomic E-state index is 0.379. The van der Waals surface area contributed by atoms with E-state index < -0.39 is 6.17 Å². The van der Waals surface area contributed by atoms with Gasteiger partial charge in [0.05, 0.1) is 11.6 Å². The van der Waals surface area contributed by atoms with Gasteiger partial charge in [-0.2, -0.15) is 5.26 Å². The smallest absolute Gasteiger partial charge is 0.129 e. The maximum absolute atomic E-state index is 14.3. The first-order chi connectivity index (χ1) is 12.2. The van der Waals surface area contributed by atoms with Gasteiger partial charge in [0.2, 0.25) is 0 Å². The van der Waals surface area contributed by atoms with Crippen molar-refractivity contribution in [1.82, 2.24) is 0 Å². The highest BCUT2D eigenvalue weighted by Gasteiger charge is 2.09. The first-order valence-electron chi connectivity index (χ1n) is 8.21. The second-order valence-electron chi connectivity index (χ2n) is 5.89. The molecule has 122 valence electrons. The lowest BCUT2D eigenvalue weighted by Gasteiger charge is -2.08. The summed E-state index contributed by atoms with van der Waals surface area (Å²) < 4.78 is 14.3. The fourth-order valence-electron chi connectivity index (χ4n) is 2.61. The standard InChI is InChI=1S/C23H18FN/c24-23(22-4-2-1-3-5-22)16-20-12-8-18(9-13-20)6-7-19-10-14-21(17-25)15-11-19/h1-15,23H,16H2/t23-/m0/s1. The molecule has 0 fully saturated rings. The molecular formula is C23H18FN. The molecule has 3 aromatic carbocycles. The third-order valence-corrected chi connectivity index (χ3v) is 4.06. The van der Waals surface area contributed by atoms with E-state index in [4.69, 9.17) is 5.26 Å². The molecule has 0 saturated carbocycles. The predicted molar refractivity (Wildman–Crippen MR) is 101 cm³/mol. The normalized spacial score (nSPS) is 12.0. The predicted octanol–water partition coefficient (Wildman–Crippen LogP) is 5.98. The fraction of sp³-hybridized carbons (Fsp3) is 0.0870. The van der Waals surface area contributed by atoms with Gasteiger partial charge < -0.3 is 0 Å². The highest BCUT2D eigenvalue weighted by atomic mass is 19.1. The van der Waals surface area contributed by atoms with Crippen LogP contribution in [0.2, 0.25) is 0 Å². The Morgan fingerprint density at radius 1 is 0.800 bits per heavy atom. The molecule has 0 aromatic heterocycles. The first kappa shape index (κ1) is 16.7. The van der Waals surface area contributed by atoms with Gasteiger partial charge in [0, 0.05) is 6.42 Å². The van der Waals surface area contributed by atoms with Crippen LogP contribution >= 0.6 is 0 Å². The van der Waals surface area contributed by atoms with Gasteiger partial charge in [0.1, 0.15) is 6.17 Å². The average molecular weight is 327 g/mol. The van der Waals surface area contributed by atoms with Crippen molar-refractivity contribution in [3.63, 3.8) is 0 Å². The number of hydrogen-bond donors (Lipinski definition) is 0. The van der Waals surface area contributed by atoms with E-state index in [1.54, 1.807) is 12.1 Å². The van der Waals surface area contributed by atoms with Crippen molar-refractivity contribution in [1.29, 1.82) is 5.26 Å². The number of nitrogens with zero attached hydrogens (tertiary/aromatic N) is 1. The topological polar surface area (TPSA) is 23.8 Å². The van der Waals surface area contributed by atoms with E-state index in [-0.39, 0.29) is 0 Å². The van der Waals surface area contributed by atoms with Crippen LogP contribution in [0.4, 0.5) is 4.39 Å². The number of nitriles is 1. The Morgan fingerprint density at radius 3 is 1.92 bits per heavy atom. The van der Waals surface area contributed by atoms with Gasteiger partial charge in [-0.1, -0.05) is 78.9 Å². The molecule has 0 spiro atoms. The Morgan fingerprint density at radius 2 is 1.36 bits per heavy atom. The SMILES string of the molecule is N#Cc1ccc(C=Cc2ccc(C[C@H](F)c3ccccc3)cc2)cc1. The van der Waals surface area contributed by atoms with Crippen molar-refractivity contribution in [3.05, 3.63) is 107 Å². The van der Waals surface area contributed by atoms with E-state index in [1.807, 2.05) is 78.9 Å². The molecule has 0 saturated heterocycles. The third-order valence-electron chi connectivity index (χ3n) is 4.06. The van der Waals surface area contributed by atoms with Gasteiger partial charge >= 0.3 is 0 Å². The third kappa shape index (κ3) is 4.65. The van der Waals surface area contributed by atoms with Crippen LogP contribution in [-0.2, 0) is 6.42 Å². The van der Waals surface area contributed by atoms with E-state index in [1.165, 1.54) is 0 Å². The molecule has 1 nitrogen and oxygen atoms in total. The number of hydrogen-bond acceptors (Lipinski definition) is 1. The molecule has 25 heavy (non-hydrogen) atoms. The van der Waals surface area contributed by atoms with E-state index in [0.29, 0.717) is 17.5 Å². The quantitative estimate of drug-likeness (QED) is 0.529. The maximum atomic E-state index is 14.3. The maximum Gasteiger partial charge on any atom is 0.129 e. The molecule has 1 atom stereocenters. The molecule has 0 amide bonds. The van der Waals surface area contributed by atoms with Crippen molar-refractivity contribution < 1.29 is 4.39 Å². The fourth-order valence-corrected chi connectivity index (χ4v) is 2.61. The largest absolute Gasteiger partial charge is 0.242 e. The van der Waals surface area contributed by atoms with Crippen LogP contribution in [0.5, 0.6) is 0 Å². The summed E-state index contributed by atoms with van der Waals surface area (Å²) in [6.07, 6.45) is 3.40. The molecule has 0 aliphatic rings. The van der Waals surface area contributed by atoms with Gasteiger partial charge in [-0.05, 0) is 34.4 Å². The van der Waals surface area contributed by atoms with Crippen LogP contribution in [0.15, 0.2) is 78.9 Å². The van der Waals surface area contributed by atoms with Crippen LogP contribution in [0.25, 0.3) is 12.2 Å². The van der Waals surface area contributed by atoms with Crippen LogP contribution < -0.4 is 0 Å². The van der Waals surface area contributed by atoms with Crippen molar-refractivity contribution >= 4 is 12.2 Å². The van der Waals surface area contributed by atoms with Gasteiger partial charge in [0.15, 0.2) is 0 Å². The zero-order valence-electron chi connectivity index (χ0n) is 13.8. The van der Waals surface area contributed by atoms with Crippen molar-refractivity contribution in [2.24, 2.45) is 0 Å². The van der Waals surface area contributed by atoms with Crippen molar-refractivity contribution in [3.8, 4) is 6.07 Å². The number of halogens is 1. The molecule has 0 heterocycles.